The molecule has 0 radical (unpaired) electrons. The van der Waals surface area contributed by atoms with Crippen LogP contribution in [0.15, 0.2) is 40.9 Å². The van der Waals surface area contributed by atoms with Crippen LogP contribution >= 0.6 is 0 Å². The van der Waals surface area contributed by atoms with Crippen molar-refractivity contribution in [3.63, 3.8) is 0 Å². The molecular formula is C31H34N2O9S. The van der Waals surface area contributed by atoms with Gasteiger partial charge in [0.15, 0.2) is 28.7 Å². The number of hydrogen-bond donors (Lipinski definition) is 3. The van der Waals surface area contributed by atoms with Crippen LogP contribution in [0.1, 0.15) is 39.4 Å². The smallest absolute Gasteiger partial charge is 0.339 e. The Bertz CT molecular complexity index is 1750. The van der Waals surface area contributed by atoms with Crippen molar-refractivity contribution >= 4 is 22.1 Å². The number of phenolic OH excluding ortho intramolecular Hbond substituents is 1. The Morgan fingerprint density at radius 2 is 1.53 bits per heavy atom. The van der Waals surface area contributed by atoms with Gasteiger partial charge in [0.1, 0.15) is 10.6 Å². The second-order valence-corrected chi connectivity index (χ2v) is 11.9. The normalized spacial score (nSPS) is 18.5. The minimum Gasteiger partial charge on any atom is -0.507 e. The molecule has 3 aromatic rings. The maximum atomic E-state index is 13.4. The molecule has 12 heteroatoms. The summed E-state index contributed by atoms with van der Waals surface area (Å²) in [5, 5.41) is 17.4. The molecule has 228 valence electrons. The Morgan fingerprint density at radius 1 is 0.884 bits per heavy atom. The third kappa shape index (κ3) is 5.10. The first kappa shape index (κ1) is 30.1. The lowest BCUT2D eigenvalue weighted by Gasteiger charge is -2.40. The standard InChI is InChI=1S/C31H34N2O9S/c1-15-8-10-19(11-9-15)43(36,37)42-27-17(3)28(39-5)23(38-4)13-18(27)12-21-25-24-20(14-22(32-25)31(35)33-21)26(34)16(2)29(40-6)30(24)41-7/h8-13,22,25,32,34H,14H2,1-7H3,(H,33,35)/b21-12-/t22-,25-/m0/s1. The van der Waals surface area contributed by atoms with Gasteiger partial charge in [-0.1, -0.05) is 17.7 Å². The van der Waals surface area contributed by atoms with Crippen molar-refractivity contribution in [1.82, 2.24) is 10.6 Å². The topological polar surface area (TPSA) is 142 Å². The van der Waals surface area contributed by atoms with Crippen molar-refractivity contribution in [2.75, 3.05) is 28.4 Å². The minimum absolute atomic E-state index is 0.00516. The van der Waals surface area contributed by atoms with Crippen molar-refractivity contribution in [3.8, 4) is 34.5 Å². The van der Waals surface area contributed by atoms with E-state index in [1.165, 1.54) is 40.6 Å². The highest BCUT2D eigenvalue weighted by Crippen LogP contribution is 2.50. The quantitative estimate of drug-likeness (QED) is 0.322. The van der Waals surface area contributed by atoms with E-state index in [1.54, 1.807) is 38.1 Å². The predicted octanol–water partition coefficient (Wildman–Crippen LogP) is 3.85. The molecule has 2 aliphatic heterocycles. The molecule has 2 atom stereocenters. The molecule has 1 saturated heterocycles. The fraction of sp³-hybridized carbons (Fsp3) is 0.323. The van der Waals surface area contributed by atoms with E-state index < -0.39 is 22.2 Å². The molecule has 43 heavy (non-hydrogen) atoms. The fourth-order valence-corrected chi connectivity index (χ4v) is 6.67. The molecule has 0 aromatic heterocycles. The molecule has 1 amide bonds. The molecule has 5 rings (SSSR count). The Kier molecular flexibility index (Phi) is 7.93. The monoisotopic (exact) mass is 610 g/mol. The van der Waals surface area contributed by atoms with E-state index in [0.29, 0.717) is 56.5 Å². The second-order valence-electron chi connectivity index (χ2n) is 10.4. The lowest BCUT2D eigenvalue weighted by molar-refractivity contribution is -0.124. The Morgan fingerprint density at radius 3 is 2.14 bits per heavy atom. The molecule has 0 aliphatic carbocycles. The molecule has 0 saturated carbocycles. The van der Waals surface area contributed by atoms with Gasteiger partial charge in [-0.25, -0.2) is 0 Å². The van der Waals surface area contributed by atoms with E-state index in [-0.39, 0.29) is 28.7 Å². The average Bonchev–Trinajstić information content (AvgIpc) is 2.99. The molecule has 2 aliphatic rings. The van der Waals surface area contributed by atoms with Crippen LogP contribution in [0.2, 0.25) is 0 Å². The Labute approximate surface area is 250 Å². The first-order chi connectivity index (χ1) is 20.4. The molecule has 2 bridgehead atoms. The molecule has 3 aromatic carbocycles. The summed E-state index contributed by atoms with van der Waals surface area (Å²) in [7, 11) is 1.63. The van der Waals surface area contributed by atoms with Gasteiger partial charge in [-0.15, -0.1) is 0 Å². The van der Waals surface area contributed by atoms with Gasteiger partial charge in [-0.05, 0) is 45.0 Å². The number of ether oxygens (including phenoxy) is 4. The van der Waals surface area contributed by atoms with Gasteiger partial charge in [0.2, 0.25) is 5.91 Å². The maximum Gasteiger partial charge on any atom is 0.339 e. The number of phenols is 1. The van der Waals surface area contributed by atoms with Crippen molar-refractivity contribution in [3.05, 3.63) is 69.4 Å². The van der Waals surface area contributed by atoms with Crippen LogP contribution in [0.3, 0.4) is 0 Å². The van der Waals surface area contributed by atoms with E-state index in [9.17, 15) is 18.3 Å². The molecule has 0 unspecified atom stereocenters. The maximum absolute atomic E-state index is 13.4. The number of nitrogens with one attached hydrogen (secondary N) is 2. The summed E-state index contributed by atoms with van der Waals surface area (Å²) in [5.74, 6) is 1.10. The fourth-order valence-electron chi connectivity index (χ4n) is 5.66. The van der Waals surface area contributed by atoms with Gasteiger partial charge in [0.25, 0.3) is 0 Å². The van der Waals surface area contributed by atoms with E-state index in [0.717, 1.165) is 5.56 Å². The van der Waals surface area contributed by atoms with Crippen LogP contribution in [0.4, 0.5) is 0 Å². The van der Waals surface area contributed by atoms with Crippen LogP contribution in [-0.2, 0) is 21.3 Å². The zero-order chi connectivity index (χ0) is 31.2. The van der Waals surface area contributed by atoms with Gasteiger partial charge in [-0.3, -0.25) is 10.1 Å². The van der Waals surface area contributed by atoms with Crippen molar-refractivity contribution in [1.29, 1.82) is 0 Å². The highest BCUT2D eigenvalue weighted by molar-refractivity contribution is 7.87. The van der Waals surface area contributed by atoms with Gasteiger partial charge < -0.3 is 33.6 Å². The predicted molar refractivity (Wildman–Crippen MR) is 159 cm³/mol. The van der Waals surface area contributed by atoms with E-state index >= 15 is 0 Å². The van der Waals surface area contributed by atoms with Crippen LogP contribution in [0.5, 0.6) is 34.5 Å². The molecule has 0 spiro atoms. The lowest BCUT2D eigenvalue weighted by atomic mass is 9.82. The van der Waals surface area contributed by atoms with Gasteiger partial charge >= 0.3 is 10.1 Å². The van der Waals surface area contributed by atoms with Crippen LogP contribution in [-0.4, -0.2) is 53.9 Å². The number of carbonyl (C=O) groups is 1. The number of fused-ring (bicyclic) bond motifs is 4. The summed E-state index contributed by atoms with van der Waals surface area (Å²) >= 11 is 0. The van der Waals surface area contributed by atoms with Crippen LogP contribution in [0.25, 0.3) is 6.08 Å². The highest BCUT2D eigenvalue weighted by Gasteiger charge is 2.42. The molecular weight excluding hydrogens is 576 g/mol. The second kappa shape index (κ2) is 11.3. The molecule has 2 heterocycles. The molecule has 3 N–H and O–H groups in total. The summed E-state index contributed by atoms with van der Waals surface area (Å²) in [6.45, 7) is 5.23. The summed E-state index contributed by atoms with van der Waals surface area (Å²) < 4.78 is 55.0. The summed E-state index contributed by atoms with van der Waals surface area (Å²) in [6.07, 6.45) is 1.84. The number of amides is 1. The van der Waals surface area contributed by atoms with Crippen molar-refractivity contribution in [2.45, 2.75) is 44.2 Å². The first-order valence-corrected chi connectivity index (χ1v) is 14.9. The number of rotatable bonds is 8. The average molecular weight is 611 g/mol. The zero-order valence-corrected chi connectivity index (χ0v) is 25.8. The van der Waals surface area contributed by atoms with Gasteiger partial charge in [0, 0.05) is 39.9 Å². The largest absolute Gasteiger partial charge is 0.507 e. The number of carbonyl (C=O) groups excluding carboxylic acids is 1. The number of methoxy groups -OCH3 is 4. The summed E-state index contributed by atoms with van der Waals surface area (Å²) in [6, 6.07) is 6.60. The van der Waals surface area contributed by atoms with Gasteiger partial charge in [-0.2, -0.15) is 8.42 Å². The van der Waals surface area contributed by atoms with E-state index in [2.05, 4.69) is 10.6 Å². The van der Waals surface area contributed by atoms with E-state index in [1.807, 2.05) is 6.92 Å². The van der Waals surface area contributed by atoms with E-state index in [4.69, 9.17) is 23.1 Å². The van der Waals surface area contributed by atoms with Crippen LogP contribution < -0.4 is 33.8 Å². The number of hydrogen-bond acceptors (Lipinski definition) is 10. The lowest BCUT2D eigenvalue weighted by Crippen LogP contribution is -2.56. The number of aromatic hydroxyl groups is 1. The molecule has 11 nitrogen and oxygen atoms in total. The van der Waals surface area contributed by atoms with Crippen molar-refractivity contribution in [2.24, 2.45) is 0 Å². The Hall–Kier alpha value is -4.42. The summed E-state index contributed by atoms with van der Waals surface area (Å²) in [4.78, 5) is 13.2. The van der Waals surface area contributed by atoms with Crippen molar-refractivity contribution < 1.29 is 41.4 Å². The number of aryl methyl sites for hydroxylation is 1. The summed E-state index contributed by atoms with van der Waals surface area (Å²) in [5.41, 5.74) is 3.59. The minimum atomic E-state index is -4.26. The SMILES string of the molecule is COc1cc(/C=C2\NC(=O)[C@@H]3Cc4c(O)c(C)c(OC)c(OC)c4[C@H]2N3)c(OS(=O)(=O)c2ccc(C)cc2)c(C)c1OC. The third-order valence-electron chi connectivity index (χ3n) is 7.82. The number of benzene rings is 3. The zero-order valence-electron chi connectivity index (χ0n) is 24.9. The van der Waals surface area contributed by atoms with Crippen LogP contribution in [0, 0.1) is 20.8 Å². The third-order valence-corrected chi connectivity index (χ3v) is 9.05. The molecule has 1 fully saturated rings. The number of piperazine rings is 1. The first-order valence-electron chi connectivity index (χ1n) is 13.5. The Balaban J connectivity index is 1.72. The van der Waals surface area contributed by atoms with Gasteiger partial charge in [0.05, 0.1) is 40.5 Å². The highest BCUT2D eigenvalue weighted by atomic mass is 32.2.